The minimum Gasteiger partial charge on any atom is -0.457 e. The van der Waals surface area contributed by atoms with Crippen LogP contribution in [-0.2, 0) is 32.7 Å². The molecule has 0 fully saturated rings. The van der Waals surface area contributed by atoms with Crippen LogP contribution < -0.4 is 0 Å². The van der Waals surface area contributed by atoms with Crippen molar-refractivity contribution in [2.24, 2.45) is 0 Å². The highest BCUT2D eigenvalue weighted by atomic mass is 31.2. The molecule has 0 heterocycles. The number of esters is 2. The number of hydrogen-bond acceptors (Lipinski definition) is 9. The van der Waals surface area contributed by atoms with Gasteiger partial charge >= 0.3 is 19.8 Å². The van der Waals surface area contributed by atoms with Crippen molar-refractivity contribution < 1.29 is 47.8 Å². The number of phosphoric acid groups is 1. The van der Waals surface area contributed by atoms with Crippen LogP contribution in [0.25, 0.3) is 0 Å². The molecule has 0 aliphatic heterocycles. The van der Waals surface area contributed by atoms with E-state index in [2.05, 4.69) is 50.3 Å². The minimum atomic E-state index is -4.64. The van der Waals surface area contributed by atoms with Gasteiger partial charge in [0.05, 0.1) is 26.4 Å². The van der Waals surface area contributed by atoms with Crippen LogP contribution in [0.5, 0.6) is 0 Å². The molecule has 0 aromatic carbocycles. The first-order valence-electron chi connectivity index (χ1n) is 23.4. The lowest BCUT2D eigenvalue weighted by Gasteiger charge is -2.20. The Hall–Kier alpha value is -1.81. The van der Waals surface area contributed by atoms with Crippen LogP contribution in [0.1, 0.15) is 213 Å². The Morgan fingerprint density at radius 2 is 0.759 bits per heavy atom. The molecule has 0 rings (SSSR count). The van der Waals surface area contributed by atoms with Crippen molar-refractivity contribution in [3.63, 3.8) is 0 Å². The first-order chi connectivity index (χ1) is 28.3. The Morgan fingerprint density at radius 3 is 1.12 bits per heavy atom. The van der Waals surface area contributed by atoms with Crippen LogP contribution in [-0.4, -0.2) is 65.7 Å². The highest BCUT2D eigenvalue weighted by molar-refractivity contribution is 7.47. The van der Waals surface area contributed by atoms with Gasteiger partial charge in [0.15, 0.2) is 0 Å². The molecule has 0 aliphatic carbocycles. The molecule has 3 N–H and O–H groups in total. The van der Waals surface area contributed by atoms with Gasteiger partial charge in [-0.3, -0.25) is 18.6 Å². The number of unbranched alkanes of at least 4 members (excludes halogenated alkanes) is 24. The van der Waals surface area contributed by atoms with Gasteiger partial charge in [-0.15, -0.1) is 0 Å². The molecular formula is C47H87O10P. The van der Waals surface area contributed by atoms with E-state index >= 15 is 0 Å². The zero-order valence-electron chi connectivity index (χ0n) is 37.0. The number of hydrogen-bond donors (Lipinski definition) is 3. The average Bonchev–Trinajstić information content (AvgIpc) is 3.21. The molecule has 11 heteroatoms. The topological polar surface area (TPSA) is 149 Å². The van der Waals surface area contributed by atoms with Crippen molar-refractivity contribution in [1.29, 1.82) is 0 Å². The lowest BCUT2D eigenvalue weighted by atomic mass is 10.0. The third-order valence-corrected chi connectivity index (χ3v) is 11.0. The summed E-state index contributed by atoms with van der Waals surface area (Å²) < 4.78 is 32.6. The van der Waals surface area contributed by atoms with E-state index in [9.17, 15) is 29.3 Å². The summed E-state index contributed by atoms with van der Waals surface area (Å²) in [5, 5.41) is 19.2. The summed E-state index contributed by atoms with van der Waals surface area (Å²) in [5.74, 6) is -1.03. The smallest absolute Gasteiger partial charge is 0.457 e. The second kappa shape index (κ2) is 43.3. The summed E-state index contributed by atoms with van der Waals surface area (Å²) in [7, 11) is -4.64. The molecule has 58 heavy (non-hydrogen) atoms. The van der Waals surface area contributed by atoms with Crippen LogP contribution in [0, 0.1) is 0 Å². The van der Waals surface area contributed by atoms with Crippen molar-refractivity contribution in [1.82, 2.24) is 0 Å². The molecule has 0 bridgehead atoms. The second-order valence-corrected chi connectivity index (χ2v) is 17.2. The first kappa shape index (κ1) is 56.2. The van der Waals surface area contributed by atoms with E-state index in [0.29, 0.717) is 12.8 Å². The fraction of sp³-hybridized carbons (Fsp3) is 0.830. The third kappa shape index (κ3) is 40.9. The maximum Gasteiger partial charge on any atom is 0.472 e. The fourth-order valence-electron chi connectivity index (χ4n) is 6.43. The van der Waals surface area contributed by atoms with E-state index in [-0.39, 0.29) is 12.8 Å². The number of carbonyl (C=O) groups is 2. The summed E-state index contributed by atoms with van der Waals surface area (Å²) >= 11 is 0. The van der Waals surface area contributed by atoms with Crippen molar-refractivity contribution in [3.05, 3.63) is 36.5 Å². The molecular weight excluding hydrogens is 755 g/mol. The summed E-state index contributed by atoms with van der Waals surface area (Å²) in [6.45, 7) is 2.17. The second-order valence-electron chi connectivity index (χ2n) is 15.7. The lowest BCUT2D eigenvalue weighted by molar-refractivity contribution is -0.153. The lowest BCUT2D eigenvalue weighted by Crippen LogP contribution is -2.28. The maximum absolute atomic E-state index is 12.4. The maximum atomic E-state index is 12.4. The van der Waals surface area contributed by atoms with Gasteiger partial charge in [0.1, 0.15) is 12.2 Å². The predicted molar refractivity (Wildman–Crippen MR) is 238 cm³/mol. The summed E-state index contributed by atoms with van der Waals surface area (Å²) in [4.78, 5) is 34.5. The third-order valence-electron chi connectivity index (χ3n) is 10.1. The molecule has 340 valence electrons. The number of aliphatic hydroxyl groups excluding tert-OH is 2. The number of aliphatic hydroxyl groups is 2. The standard InChI is InChI=1S/C47H87O10P/c1-3-5-7-9-11-13-15-17-18-19-20-21-22-23-24-25-26-27-29-31-33-35-37-39-47(51)57-45(41-49)43-55-58(52,53)54-42-44(40-48)56-46(50)38-36-34-32-30-28-16-14-12-10-8-6-4-2/h12,14-15,17,19-20,44-45,48-49H,3-11,13,16,18,21-43H2,1-2H3,(H,52,53)/b14-12-,17-15-,20-19-. The van der Waals surface area contributed by atoms with Crippen LogP contribution >= 0.6 is 7.82 Å². The summed E-state index contributed by atoms with van der Waals surface area (Å²) in [6.07, 6.45) is 45.5. The van der Waals surface area contributed by atoms with E-state index in [1.165, 1.54) is 109 Å². The number of rotatable bonds is 44. The molecule has 0 amide bonds. The molecule has 10 nitrogen and oxygen atoms in total. The average molecular weight is 843 g/mol. The summed E-state index contributed by atoms with van der Waals surface area (Å²) in [6, 6.07) is 0. The van der Waals surface area contributed by atoms with Crippen LogP contribution in [0.3, 0.4) is 0 Å². The van der Waals surface area contributed by atoms with Crippen LogP contribution in [0.4, 0.5) is 0 Å². The Kier molecular flexibility index (Phi) is 41.9. The number of carbonyl (C=O) groups excluding carboxylic acids is 2. The molecule has 3 unspecified atom stereocenters. The molecule has 0 radical (unpaired) electrons. The summed E-state index contributed by atoms with van der Waals surface area (Å²) in [5.41, 5.74) is 0. The van der Waals surface area contributed by atoms with E-state index in [4.69, 9.17) is 18.5 Å². The zero-order valence-corrected chi connectivity index (χ0v) is 37.9. The highest BCUT2D eigenvalue weighted by Gasteiger charge is 2.27. The van der Waals surface area contributed by atoms with E-state index in [1.807, 2.05) is 0 Å². The van der Waals surface area contributed by atoms with E-state index < -0.39 is 58.4 Å². The SMILES string of the molecule is CCCCC/C=C\CCCCCCCC(=O)OC(CO)COP(=O)(O)OCC(CO)OC(=O)CCCCCCCCCCCCC/C=C\C/C=C\CCCCCCC. The van der Waals surface area contributed by atoms with Gasteiger partial charge in [-0.05, 0) is 70.6 Å². The van der Waals surface area contributed by atoms with Crippen molar-refractivity contribution >= 4 is 19.8 Å². The Labute approximate surface area is 354 Å². The van der Waals surface area contributed by atoms with Crippen molar-refractivity contribution in [2.45, 2.75) is 225 Å². The minimum absolute atomic E-state index is 0.182. The number of ether oxygens (including phenoxy) is 2. The van der Waals surface area contributed by atoms with Gasteiger partial charge in [0.25, 0.3) is 0 Å². The van der Waals surface area contributed by atoms with E-state index in [1.54, 1.807) is 0 Å². The van der Waals surface area contributed by atoms with Crippen molar-refractivity contribution in [3.8, 4) is 0 Å². The van der Waals surface area contributed by atoms with Crippen LogP contribution in [0.2, 0.25) is 0 Å². The van der Waals surface area contributed by atoms with Gasteiger partial charge in [0.2, 0.25) is 0 Å². The Morgan fingerprint density at radius 1 is 0.466 bits per heavy atom. The first-order valence-corrected chi connectivity index (χ1v) is 24.9. The van der Waals surface area contributed by atoms with Gasteiger partial charge in [0, 0.05) is 12.8 Å². The van der Waals surface area contributed by atoms with Crippen LogP contribution in [0.15, 0.2) is 36.5 Å². The number of allylic oxidation sites excluding steroid dienone is 6. The Balaban J connectivity index is 3.85. The highest BCUT2D eigenvalue weighted by Crippen LogP contribution is 2.43. The number of phosphoric ester groups is 1. The zero-order chi connectivity index (χ0) is 42.6. The van der Waals surface area contributed by atoms with E-state index in [0.717, 1.165) is 64.2 Å². The molecule has 0 saturated carbocycles. The molecule has 0 saturated heterocycles. The van der Waals surface area contributed by atoms with Gasteiger partial charge in [-0.2, -0.15) is 0 Å². The normalized spacial score (nSPS) is 14.1. The monoisotopic (exact) mass is 843 g/mol. The van der Waals surface area contributed by atoms with Gasteiger partial charge in [-0.25, -0.2) is 4.57 Å². The molecule has 0 aliphatic rings. The van der Waals surface area contributed by atoms with Crippen molar-refractivity contribution in [2.75, 3.05) is 26.4 Å². The fourth-order valence-corrected chi connectivity index (χ4v) is 7.22. The quantitative estimate of drug-likeness (QED) is 0.0234. The largest absolute Gasteiger partial charge is 0.472 e. The molecule has 3 atom stereocenters. The molecule has 0 spiro atoms. The van der Waals surface area contributed by atoms with Gasteiger partial charge in [-0.1, -0.05) is 166 Å². The molecule has 0 aromatic heterocycles. The molecule has 0 aromatic rings. The van der Waals surface area contributed by atoms with Gasteiger partial charge < -0.3 is 24.6 Å². The Bertz CT molecular complexity index is 1060. The predicted octanol–water partition coefficient (Wildman–Crippen LogP) is 12.7.